The van der Waals surface area contributed by atoms with Crippen LogP contribution in [0.5, 0.6) is 0 Å². The fourth-order valence-corrected chi connectivity index (χ4v) is 6.17. The first kappa shape index (κ1) is 25.1. The second-order valence-corrected chi connectivity index (χ2v) is 10.7. The van der Waals surface area contributed by atoms with Crippen molar-refractivity contribution in [2.45, 2.75) is 51.9 Å². The van der Waals surface area contributed by atoms with Crippen molar-refractivity contribution in [1.82, 2.24) is 4.90 Å². The third-order valence-electron chi connectivity index (χ3n) is 8.21. The number of aliphatic carboxylic acids is 1. The van der Waals surface area contributed by atoms with Gasteiger partial charge in [-0.3, -0.25) is 19.3 Å². The van der Waals surface area contributed by atoms with Crippen LogP contribution in [-0.4, -0.2) is 34.3 Å². The van der Waals surface area contributed by atoms with Crippen molar-refractivity contribution in [3.05, 3.63) is 94.5 Å². The molecule has 2 amide bonds. The normalized spacial score (nSPS) is 13.3. The Kier molecular flexibility index (Phi) is 6.51. The molecule has 5 nitrogen and oxygen atoms in total. The lowest BCUT2D eigenvalue weighted by molar-refractivity contribution is -0.137. The zero-order chi connectivity index (χ0) is 27.1. The molecule has 0 aromatic heterocycles. The highest BCUT2D eigenvalue weighted by Crippen LogP contribution is 2.36. The molecule has 0 atom stereocenters. The van der Waals surface area contributed by atoms with Gasteiger partial charge in [-0.2, -0.15) is 0 Å². The molecule has 0 bridgehead atoms. The van der Waals surface area contributed by atoms with E-state index < -0.39 is 5.97 Å². The summed E-state index contributed by atoms with van der Waals surface area (Å²) in [5, 5.41) is 16.6. The highest BCUT2D eigenvalue weighted by atomic mass is 16.4. The molecular formula is C34H31NO4. The average Bonchev–Trinajstić information content (AvgIpc) is 3.15. The van der Waals surface area contributed by atoms with Crippen molar-refractivity contribution in [2.75, 3.05) is 6.54 Å². The van der Waals surface area contributed by atoms with Crippen LogP contribution >= 0.6 is 0 Å². The number of hydrogen-bond acceptors (Lipinski definition) is 3. The number of amides is 2. The maximum Gasteiger partial charge on any atom is 0.303 e. The van der Waals surface area contributed by atoms with Crippen LogP contribution in [0.4, 0.5) is 0 Å². The van der Waals surface area contributed by atoms with Crippen molar-refractivity contribution < 1.29 is 19.5 Å². The van der Waals surface area contributed by atoms with E-state index in [-0.39, 0.29) is 18.2 Å². The number of carbonyl (C=O) groups is 3. The van der Waals surface area contributed by atoms with E-state index in [1.165, 1.54) is 42.8 Å². The van der Waals surface area contributed by atoms with Crippen molar-refractivity contribution in [3.63, 3.8) is 0 Å². The molecule has 0 spiro atoms. The van der Waals surface area contributed by atoms with Crippen LogP contribution < -0.4 is 0 Å². The minimum absolute atomic E-state index is 0.110. The van der Waals surface area contributed by atoms with E-state index in [1.807, 2.05) is 19.1 Å². The Labute approximate surface area is 227 Å². The quantitative estimate of drug-likeness (QED) is 0.120. The monoisotopic (exact) mass is 517 g/mol. The molecular weight excluding hydrogens is 486 g/mol. The lowest BCUT2D eigenvalue weighted by atomic mass is 9.90. The summed E-state index contributed by atoms with van der Waals surface area (Å²) in [7, 11) is 0. The van der Waals surface area contributed by atoms with Crippen LogP contribution in [0.2, 0.25) is 0 Å². The van der Waals surface area contributed by atoms with E-state index >= 15 is 0 Å². The molecule has 1 heterocycles. The van der Waals surface area contributed by atoms with Gasteiger partial charge in [0.25, 0.3) is 11.8 Å². The van der Waals surface area contributed by atoms with E-state index in [2.05, 4.69) is 54.6 Å². The molecule has 1 N–H and O–H groups in total. The molecule has 0 unspecified atom stereocenters. The summed E-state index contributed by atoms with van der Waals surface area (Å²) in [5.74, 6) is -1.30. The number of carbonyl (C=O) groups excluding carboxylic acids is 2. The summed E-state index contributed by atoms with van der Waals surface area (Å²) in [6.45, 7) is 2.34. The third kappa shape index (κ3) is 4.52. The summed E-state index contributed by atoms with van der Waals surface area (Å²) in [6, 6.07) is 23.6. The predicted molar refractivity (Wildman–Crippen MR) is 155 cm³/mol. The SMILES string of the molecule is Cc1cc2c(cc1CCCc1ccc3ccc4cccc5ccc1c3c45)C(=O)N(CCCCCC(=O)O)C2=O. The zero-order valence-corrected chi connectivity index (χ0v) is 22.1. The van der Waals surface area contributed by atoms with Crippen LogP contribution in [0.3, 0.4) is 0 Å². The van der Waals surface area contributed by atoms with Gasteiger partial charge in [0, 0.05) is 13.0 Å². The van der Waals surface area contributed by atoms with Gasteiger partial charge in [-0.05, 0) is 100 Å². The lowest BCUT2D eigenvalue weighted by Crippen LogP contribution is -2.30. The van der Waals surface area contributed by atoms with Gasteiger partial charge in [-0.25, -0.2) is 0 Å². The van der Waals surface area contributed by atoms with E-state index in [0.29, 0.717) is 36.9 Å². The lowest BCUT2D eigenvalue weighted by Gasteiger charge is -2.14. The first-order valence-electron chi connectivity index (χ1n) is 13.8. The van der Waals surface area contributed by atoms with E-state index in [1.54, 1.807) is 0 Å². The molecule has 1 aliphatic rings. The van der Waals surface area contributed by atoms with Crippen LogP contribution in [0, 0.1) is 6.92 Å². The molecule has 0 saturated carbocycles. The van der Waals surface area contributed by atoms with Gasteiger partial charge in [0.2, 0.25) is 0 Å². The van der Waals surface area contributed by atoms with Gasteiger partial charge >= 0.3 is 5.97 Å². The smallest absolute Gasteiger partial charge is 0.303 e. The minimum Gasteiger partial charge on any atom is -0.481 e. The second kappa shape index (κ2) is 10.1. The highest BCUT2D eigenvalue weighted by molar-refractivity contribution is 6.23. The molecule has 5 heteroatoms. The topological polar surface area (TPSA) is 74.7 Å². The van der Waals surface area contributed by atoms with Crippen molar-refractivity contribution in [2.24, 2.45) is 0 Å². The number of rotatable bonds is 10. The molecule has 5 aromatic carbocycles. The largest absolute Gasteiger partial charge is 0.481 e. The van der Waals surface area contributed by atoms with Gasteiger partial charge in [0.1, 0.15) is 0 Å². The first-order valence-corrected chi connectivity index (χ1v) is 13.8. The zero-order valence-electron chi connectivity index (χ0n) is 22.1. The average molecular weight is 518 g/mol. The standard InChI is InChI=1S/C34H31NO4/c1-21-19-28-29(34(39)35(33(28)38)18-4-2-3-11-30(36)37)20-26(21)10-5-7-22-12-13-25-15-14-23-8-6-9-24-16-17-27(22)32(25)31(23)24/h6,8-9,12-17,19-20H,2-5,7,10-11,18H2,1H3,(H,36,37). The third-order valence-corrected chi connectivity index (χ3v) is 8.21. The van der Waals surface area contributed by atoms with Crippen molar-refractivity contribution in [3.8, 4) is 0 Å². The summed E-state index contributed by atoms with van der Waals surface area (Å²) in [5.41, 5.74) is 4.46. The number of carboxylic acid groups (broad SMARTS) is 1. The Bertz CT molecular complexity index is 1740. The molecule has 39 heavy (non-hydrogen) atoms. The highest BCUT2D eigenvalue weighted by Gasteiger charge is 2.35. The van der Waals surface area contributed by atoms with Crippen LogP contribution in [-0.2, 0) is 17.6 Å². The number of fused-ring (bicyclic) bond motifs is 1. The van der Waals surface area contributed by atoms with Gasteiger partial charge in [0.15, 0.2) is 0 Å². The van der Waals surface area contributed by atoms with Gasteiger partial charge in [-0.1, -0.05) is 61.0 Å². The van der Waals surface area contributed by atoms with E-state index in [4.69, 9.17) is 5.11 Å². The summed E-state index contributed by atoms with van der Waals surface area (Å²) in [4.78, 5) is 38.0. The molecule has 0 saturated heterocycles. The van der Waals surface area contributed by atoms with E-state index in [9.17, 15) is 14.4 Å². The Balaban J connectivity index is 1.17. The Hall–Kier alpha value is -4.25. The molecule has 0 fully saturated rings. The fourth-order valence-electron chi connectivity index (χ4n) is 6.17. The van der Waals surface area contributed by atoms with Gasteiger partial charge < -0.3 is 5.11 Å². The minimum atomic E-state index is -0.821. The number of benzene rings is 5. The predicted octanol–water partition coefficient (Wildman–Crippen LogP) is 7.31. The van der Waals surface area contributed by atoms with Crippen LogP contribution in [0.1, 0.15) is 69.5 Å². The summed E-state index contributed by atoms with van der Waals surface area (Å²) < 4.78 is 0. The number of carboxylic acids is 1. The van der Waals surface area contributed by atoms with Gasteiger partial charge in [-0.15, -0.1) is 0 Å². The van der Waals surface area contributed by atoms with Crippen molar-refractivity contribution >= 4 is 50.1 Å². The molecule has 196 valence electrons. The first-order chi connectivity index (χ1) is 18.9. The van der Waals surface area contributed by atoms with Gasteiger partial charge in [0.05, 0.1) is 11.1 Å². The van der Waals surface area contributed by atoms with E-state index in [0.717, 1.165) is 30.4 Å². The number of unbranched alkanes of at least 4 members (excludes halogenated alkanes) is 2. The Morgan fingerprint density at radius 3 is 2.10 bits per heavy atom. The maximum absolute atomic E-state index is 13.1. The molecule has 1 aliphatic heterocycles. The maximum atomic E-state index is 13.1. The number of nitrogens with zero attached hydrogens (tertiary/aromatic N) is 1. The molecule has 0 radical (unpaired) electrons. The van der Waals surface area contributed by atoms with Crippen LogP contribution in [0.25, 0.3) is 32.3 Å². The van der Waals surface area contributed by atoms with Crippen molar-refractivity contribution in [1.29, 1.82) is 0 Å². The second-order valence-electron chi connectivity index (χ2n) is 10.7. The molecule has 0 aliphatic carbocycles. The number of hydrogen-bond donors (Lipinski definition) is 1. The number of aryl methyl sites for hydroxylation is 3. The molecule has 5 aromatic rings. The Morgan fingerprint density at radius 1 is 0.718 bits per heavy atom. The van der Waals surface area contributed by atoms with Crippen LogP contribution in [0.15, 0.2) is 66.7 Å². The summed E-state index contributed by atoms with van der Waals surface area (Å²) >= 11 is 0. The Morgan fingerprint density at radius 2 is 1.36 bits per heavy atom. The number of imide groups is 1. The fraction of sp³-hybridized carbons (Fsp3) is 0.265. The summed E-state index contributed by atoms with van der Waals surface area (Å²) in [6.07, 6.45) is 4.65. The molecule has 6 rings (SSSR count).